The molecular formula is C21H29N3O3S. The Labute approximate surface area is 167 Å². The first-order valence-electron chi connectivity index (χ1n) is 10.1. The molecule has 1 aromatic carbocycles. The van der Waals surface area contributed by atoms with Gasteiger partial charge in [-0.15, -0.1) is 0 Å². The number of nitrogens with one attached hydrogen (secondary N) is 1. The second-order valence-corrected chi connectivity index (χ2v) is 10.2. The molecule has 1 N–H and O–H groups in total. The summed E-state index contributed by atoms with van der Waals surface area (Å²) in [6.45, 7) is 7.86. The minimum atomic E-state index is -3.54. The maximum atomic E-state index is 13.3. The first-order valence-corrected chi connectivity index (χ1v) is 11.5. The third-order valence-electron chi connectivity index (χ3n) is 6.07. The summed E-state index contributed by atoms with van der Waals surface area (Å²) < 4.78 is 34.7. The molecule has 4 rings (SSSR count). The average Bonchev–Trinajstić information content (AvgIpc) is 3.13. The number of H-pyrrole nitrogens is 1. The number of fused-ring (bicyclic) bond motifs is 2. The van der Waals surface area contributed by atoms with Crippen molar-refractivity contribution < 1.29 is 13.2 Å². The molecule has 3 heterocycles. The maximum absolute atomic E-state index is 13.3. The Balaban J connectivity index is 1.50. The van der Waals surface area contributed by atoms with Crippen molar-refractivity contribution in [1.82, 2.24) is 14.5 Å². The van der Waals surface area contributed by atoms with Crippen molar-refractivity contribution >= 4 is 10.0 Å². The number of hydrogen-bond donors (Lipinski definition) is 1. The summed E-state index contributed by atoms with van der Waals surface area (Å²) in [6.07, 6.45) is 3.31. The number of aromatic nitrogens is 2. The van der Waals surface area contributed by atoms with Crippen LogP contribution in [0.1, 0.15) is 62.4 Å². The van der Waals surface area contributed by atoms with Gasteiger partial charge in [-0.1, -0.05) is 26.0 Å². The lowest BCUT2D eigenvalue weighted by Crippen LogP contribution is -2.49. The largest absolute Gasteiger partial charge is 0.490 e. The molecule has 1 unspecified atom stereocenters. The predicted octanol–water partition coefficient (Wildman–Crippen LogP) is 3.91. The standard InChI is InChI=1S/C21H29N3O3S/c1-13(2)16-5-9-19(10-6-16)27-20-11-17-7-8-18(12-20)24(17)28(25,26)21-14(3)22-23-15(21)4/h5-6,9-10,13,17-18,20H,7-8,11-12H2,1-4H3,(H,22,23)/t17-,18+,20?. The zero-order valence-corrected chi connectivity index (χ0v) is 17.8. The van der Waals surface area contributed by atoms with Crippen molar-refractivity contribution in [3.63, 3.8) is 0 Å². The summed E-state index contributed by atoms with van der Waals surface area (Å²) in [6, 6.07) is 8.27. The minimum Gasteiger partial charge on any atom is -0.490 e. The summed E-state index contributed by atoms with van der Waals surface area (Å²) in [5.74, 6) is 1.36. The van der Waals surface area contributed by atoms with Crippen LogP contribution in [-0.4, -0.2) is 41.1 Å². The quantitative estimate of drug-likeness (QED) is 0.821. The van der Waals surface area contributed by atoms with Crippen LogP contribution >= 0.6 is 0 Å². The molecule has 2 aliphatic heterocycles. The van der Waals surface area contributed by atoms with Gasteiger partial charge in [-0.05, 0) is 50.3 Å². The van der Waals surface area contributed by atoms with E-state index in [1.165, 1.54) is 5.56 Å². The Morgan fingerprint density at radius 3 is 2.21 bits per heavy atom. The molecule has 2 fully saturated rings. The number of ether oxygens (including phenoxy) is 1. The van der Waals surface area contributed by atoms with Crippen LogP contribution in [0.3, 0.4) is 0 Å². The molecule has 2 saturated heterocycles. The van der Waals surface area contributed by atoms with Crippen molar-refractivity contribution in [3.05, 3.63) is 41.2 Å². The molecule has 0 aliphatic carbocycles. The number of aromatic amines is 1. The molecule has 3 atom stereocenters. The van der Waals surface area contributed by atoms with Crippen LogP contribution in [0, 0.1) is 13.8 Å². The Morgan fingerprint density at radius 1 is 1.11 bits per heavy atom. The number of aryl methyl sites for hydroxylation is 2. The molecule has 152 valence electrons. The highest BCUT2D eigenvalue weighted by Crippen LogP contribution is 2.41. The Bertz CT molecular complexity index is 916. The fourth-order valence-corrected chi connectivity index (χ4v) is 6.95. The van der Waals surface area contributed by atoms with E-state index in [9.17, 15) is 8.42 Å². The number of hydrogen-bond acceptors (Lipinski definition) is 4. The van der Waals surface area contributed by atoms with E-state index in [1.807, 2.05) is 12.1 Å². The molecule has 2 aromatic rings. The molecule has 0 radical (unpaired) electrons. The second kappa shape index (κ2) is 7.19. The molecule has 6 nitrogen and oxygen atoms in total. The highest BCUT2D eigenvalue weighted by atomic mass is 32.2. The molecule has 2 aliphatic rings. The van der Waals surface area contributed by atoms with Crippen molar-refractivity contribution in [3.8, 4) is 5.75 Å². The molecule has 0 amide bonds. The molecule has 0 saturated carbocycles. The van der Waals surface area contributed by atoms with Crippen LogP contribution in [-0.2, 0) is 10.0 Å². The van der Waals surface area contributed by atoms with Gasteiger partial charge in [0.05, 0.1) is 11.4 Å². The molecule has 28 heavy (non-hydrogen) atoms. The van der Waals surface area contributed by atoms with E-state index >= 15 is 0 Å². The molecule has 1 aromatic heterocycles. The Kier molecular flexibility index (Phi) is 5.00. The van der Waals surface area contributed by atoms with Gasteiger partial charge in [0.15, 0.2) is 0 Å². The van der Waals surface area contributed by atoms with Gasteiger partial charge in [0, 0.05) is 24.9 Å². The van der Waals surface area contributed by atoms with Gasteiger partial charge in [-0.2, -0.15) is 9.40 Å². The maximum Gasteiger partial charge on any atom is 0.247 e. The number of nitrogens with zero attached hydrogens (tertiary/aromatic N) is 2. The first kappa shape index (κ1) is 19.5. The van der Waals surface area contributed by atoms with E-state index in [4.69, 9.17) is 4.74 Å². The molecular weight excluding hydrogens is 374 g/mol. The van der Waals surface area contributed by atoms with Gasteiger partial charge in [-0.25, -0.2) is 8.42 Å². The topological polar surface area (TPSA) is 75.3 Å². The Hall–Kier alpha value is -1.86. The predicted molar refractivity (Wildman–Crippen MR) is 108 cm³/mol. The van der Waals surface area contributed by atoms with Gasteiger partial charge in [0.2, 0.25) is 10.0 Å². The number of rotatable bonds is 5. The van der Waals surface area contributed by atoms with E-state index in [0.29, 0.717) is 22.2 Å². The lowest BCUT2D eigenvalue weighted by molar-refractivity contribution is 0.0956. The van der Waals surface area contributed by atoms with E-state index in [2.05, 4.69) is 36.2 Å². The Morgan fingerprint density at radius 2 is 1.71 bits per heavy atom. The second-order valence-electron chi connectivity index (χ2n) is 8.42. The van der Waals surface area contributed by atoms with E-state index < -0.39 is 10.0 Å². The smallest absolute Gasteiger partial charge is 0.247 e. The van der Waals surface area contributed by atoms with Crippen LogP contribution in [0.15, 0.2) is 29.2 Å². The zero-order valence-electron chi connectivity index (χ0n) is 17.0. The van der Waals surface area contributed by atoms with Crippen LogP contribution in [0.5, 0.6) is 5.75 Å². The summed E-state index contributed by atoms with van der Waals surface area (Å²) in [5, 5.41) is 6.89. The van der Waals surface area contributed by atoms with Crippen LogP contribution in [0.25, 0.3) is 0 Å². The van der Waals surface area contributed by atoms with Crippen molar-refractivity contribution in [2.45, 2.75) is 82.4 Å². The van der Waals surface area contributed by atoms with Gasteiger partial charge in [0.1, 0.15) is 16.7 Å². The molecule has 2 bridgehead atoms. The van der Waals surface area contributed by atoms with Crippen molar-refractivity contribution in [2.75, 3.05) is 0 Å². The van der Waals surface area contributed by atoms with Gasteiger partial charge < -0.3 is 4.74 Å². The summed E-state index contributed by atoms with van der Waals surface area (Å²) >= 11 is 0. The average molecular weight is 404 g/mol. The summed E-state index contributed by atoms with van der Waals surface area (Å²) in [7, 11) is -3.54. The summed E-state index contributed by atoms with van der Waals surface area (Å²) in [4.78, 5) is 0.341. The van der Waals surface area contributed by atoms with Crippen LogP contribution < -0.4 is 4.74 Å². The normalized spacial score (nSPS) is 25.4. The van der Waals surface area contributed by atoms with Crippen molar-refractivity contribution in [1.29, 1.82) is 0 Å². The van der Waals surface area contributed by atoms with Crippen molar-refractivity contribution in [2.24, 2.45) is 0 Å². The fourth-order valence-electron chi connectivity index (χ4n) is 4.72. The lowest BCUT2D eigenvalue weighted by Gasteiger charge is -2.37. The van der Waals surface area contributed by atoms with Gasteiger partial charge in [-0.3, -0.25) is 5.10 Å². The zero-order chi connectivity index (χ0) is 20.1. The summed E-state index contributed by atoms with van der Waals surface area (Å²) in [5.41, 5.74) is 2.44. The van der Waals surface area contributed by atoms with Crippen LogP contribution in [0.4, 0.5) is 0 Å². The number of sulfonamides is 1. The first-order chi connectivity index (χ1) is 13.3. The number of benzene rings is 1. The lowest BCUT2D eigenvalue weighted by atomic mass is 10.0. The van der Waals surface area contributed by atoms with Gasteiger partial charge >= 0.3 is 0 Å². The monoisotopic (exact) mass is 403 g/mol. The van der Waals surface area contributed by atoms with E-state index in [0.717, 1.165) is 31.4 Å². The van der Waals surface area contributed by atoms with Crippen LogP contribution in [0.2, 0.25) is 0 Å². The third kappa shape index (κ3) is 3.35. The van der Waals surface area contributed by atoms with E-state index in [1.54, 1.807) is 18.2 Å². The SMILES string of the molecule is Cc1n[nH]c(C)c1S(=O)(=O)N1[C@@H]2CC[C@H]1CC(Oc1ccc(C(C)C)cc1)C2. The fraction of sp³-hybridized carbons (Fsp3) is 0.571. The highest BCUT2D eigenvalue weighted by molar-refractivity contribution is 7.89. The van der Waals surface area contributed by atoms with E-state index in [-0.39, 0.29) is 18.2 Å². The number of piperidine rings is 1. The molecule has 7 heteroatoms. The highest BCUT2D eigenvalue weighted by Gasteiger charge is 2.48. The third-order valence-corrected chi connectivity index (χ3v) is 8.34. The van der Waals surface area contributed by atoms with Gasteiger partial charge in [0.25, 0.3) is 0 Å². The minimum absolute atomic E-state index is 0.00242. The molecule has 0 spiro atoms.